The average Bonchev–Trinajstić information content (AvgIpc) is 3.68. The van der Waals surface area contributed by atoms with E-state index in [2.05, 4.69) is 15.6 Å². The van der Waals surface area contributed by atoms with Gasteiger partial charge in [0.05, 0.1) is 27.7 Å². The Morgan fingerprint density at radius 1 is 1.03 bits per heavy atom. The van der Waals surface area contributed by atoms with Crippen LogP contribution in [0, 0.1) is 0 Å². The van der Waals surface area contributed by atoms with Gasteiger partial charge in [-0.3, -0.25) is 19.0 Å². The van der Waals surface area contributed by atoms with E-state index in [1.807, 2.05) is 0 Å². The summed E-state index contributed by atoms with van der Waals surface area (Å²) >= 11 is 0. The van der Waals surface area contributed by atoms with Crippen LogP contribution in [0.3, 0.4) is 0 Å². The van der Waals surface area contributed by atoms with Crippen molar-refractivity contribution in [1.29, 1.82) is 0 Å². The first-order chi connectivity index (χ1) is 17.5. The van der Waals surface area contributed by atoms with E-state index < -0.39 is 18.5 Å². The number of hydrogen-bond donors (Lipinski definition) is 2. The summed E-state index contributed by atoms with van der Waals surface area (Å²) in [7, 11) is 0. The van der Waals surface area contributed by atoms with Crippen LogP contribution in [0.2, 0.25) is 0 Å². The molecule has 2 aromatic carbocycles. The molecule has 1 aromatic heterocycles. The highest BCUT2D eigenvalue weighted by Crippen LogP contribution is 2.22. The number of aromatic nitrogens is 2. The first-order valence-corrected chi connectivity index (χ1v) is 12.4. The van der Waals surface area contributed by atoms with E-state index in [4.69, 9.17) is 4.74 Å². The van der Waals surface area contributed by atoms with Crippen LogP contribution in [0.1, 0.15) is 65.1 Å². The number of aryl methyl sites for hydroxylation is 1. The zero-order valence-corrected chi connectivity index (χ0v) is 19.9. The Kier molecular flexibility index (Phi) is 6.79. The molecular formula is C27H28N4O5. The van der Waals surface area contributed by atoms with Crippen molar-refractivity contribution < 1.29 is 19.1 Å². The minimum Gasteiger partial charge on any atom is -0.452 e. The van der Waals surface area contributed by atoms with Crippen LogP contribution in [-0.2, 0) is 22.5 Å². The number of nitrogens with one attached hydrogen (secondary N) is 2. The Balaban J connectivity index is 1.26. The van der Waals surface area contributed by atoms with Crippen molar-refractivity contribution in [2.75, 3.05) is 11.9 Å². The van der Waals surface area contributed by atoms with E-state index in [0.717, 1.165) is 50.8 Å². The molecule has 0 radical (unpaired) electrons. The summed E-state index contributed by atoms with van der Waals surface area (Å²) in [6.45, 7) is 0.136. The monoisotopic (exact) mass is 488 g/mol. The van der Waals surface area contributed by atoms with E-state index >= 15 is 0 Å². The maximum Gasteiger partial charge on any atom is 0.338 e. The molecule has 2 heterocycles. The summed E-state index contributed by atoms with van der Waals surface area (Å²) in [5.74, 6) is -0.769. The normalized spacial score (nSPS) is 15.3. The molecule has 36 heavy (non-hydrogen) atoms. The molecular weight excluding hydrogens is 460 g/mol. The molecule has 1 saturated carbocycles. The van der Waals surface area contributed by atoms with Crippen molar-refractivity contribution in [1.82, 2.24) is 14.9 Å². The molecule has 0 saturated heterocycles. The van der Waals surface area contributed by atoms with Crippen LogP contribution in [0.5, 0.6) is 0 Å². The second-order valence-electron chi connectivity index (χ2n) is 9.30. The van der Waals surface area contributed by atoms with E-state index in [1.54, 1.807) is 34.9 Å². The third-order valence-electron chi connectivity index (χ3n) is 6.49. The van der Waals surface area contributed by atoms with Gasteiger partial charge < -0.3 is 15.4 Å². The molecule has 0 atom stereocenters. The number of para-hydroxylation sites is 1. The van der Waals surface area contributed by atoms with Gasteiger partial charge in [0.15, 0.2) is 6.61 Å². The van der Waals surface area contributed by atoms with Gasteiger partial charge in [-0.05, 0) is 56.0 Å². The summed E-state index contributed by atoms with van der Waals surface area (Å²) < 4.78 is 6.95. The minimum absolute atomic E-state index is 0.0967. The van der Waals surface area contributed by atoms with Crippen LogP contribution >= 0.6 is 0 Å². The lowest BCUT2D eigenvalue weighted by Gasteiger charge is -2.16. The average molecular weight is 489 g/mol. The molecule has 1 aliphatic heterocycles. The molecule has 2 N–H and O–H groups in total. The molecule has 0 unspecified atom stereocenters. The first-order valence-electron chi connectivity index (χ1n) is 12.4. The smallest absolute Gasteiger partial charge is 0.338 e. The topological polar surface area (TPSA) is 119 Å². The minimum atomic E-state index is -0.694. The number of fused-ring (bicyclic) bond motifs is 2. The van der Waals surface area contributed by atoms with Gasteiger partial charge in [0.25, 0.3) is 17.4 Å². The highest BCUT2D eigenvalue weighted by atomic mass is 16.5. The predicted molar refractivity (Wildman–Crippen MR) is 134 cm³/mol. The van der Waals surface area contributed by atoms with E-state index in [9.17, 15) is 19.2 Å². The van der Waals surface area contributed by atoms with Gasteiger partial charge in [-0.2, -0.15) is 0 Å². The lowest BCUT2D eigenvalue weighted by Crippen LogP contribution is -2.28. The fourth-order valence-corrected chi connectivity index (χ4v) is 4.40. The molecule has 1 aliphatic carbocycles. The number of esters is 1. The highest BCUT2D eigenvalue weighted by Gasteiger charge is 2.25. The number of amides is 2. The fraction of sp³-hybridized carbons (Fsp3) is 0.370. The van der Waals surface area contributed by atoms with Crippen molar-refractivity contribution in [2.24, 2.45) is 0 Å². The number of anilines is 1. The standard InChI is InChI=1S/C27H28N4O5/c32-24(30-21-8-5-4-7-19(21)25(33)28-18-11-12-18)16-36-27(35)17-10-13-20-22(15-17)29-23-9-3-1-2-6-14-31(23)26(20)34/h4-5,7-8,10,13,15,18H,1-3,6,9,11-12,14,16H2,(H,28,33)(H,30,32). The molecule has 0 spiro atoms. The Labute approximate surface area is 207 Å². The van der Waals surface area contributed by atoms with Crippen molar-refractivity contribution in [2.45, 2.75) is 57.5 Å². The third-order valence-corrected chi connectivity index (χ3v) is 6.49. The molecule has 5 rings (SSSR count). The van der Waals surface area contributed by atoms with Gasteiger partial charge in [0, 0.05) is 19.0 Å². The largest absolute Gasteiger partial charge is 0.452 e. The summed E-state index contributed by atoms with van der Waals surface area (Å²) in [6.07, 6.45) is 6.76. The van der Waals surface area contributed by atoms with Gasteiger partial charge in [0.2, 0.25) is 0 Å². The Morgan fingerprint density at radius 3 is 2.67 bits per heavy atom. The molecule has 3 aromatic rings. The first kappa shape index (κ1) is 23.7. The second kappa shape index (κ2) is 10.3. The number of rotatable bonds is 6. The van der Waals surface area contributed by atoms with Crippen molar-refractivity contribution in [3.63, 3.8) is 0 Å². The van der Waals surface area contributed by atoms with Crippen LogP contribution < -0.4 is 16.2 Å². The fourth-order valence-electron chi connectivity index (χ4n) is 4.40. The van der Waals surface area contributed by atoms with Crippen molar-refractivity contribution >= 4 is 34.4 Å². The molecule has 2 amide bonds. The van der Waals surface area contributed by atoms with E-state index in [1.165, 1.54) is 12.1 Å². The van der Waals surface area contributed by atoms with Gasteiger partial charge in [0.1, 0.15) is 5.82 Å². The Bertz CT molecular complexity index is 1390. The maximum absolute atomic E-state index is 13.0. The van der Waals surface area contributed by atoms with Gasteiger partial charge >= 0.3 is 5.97 Å². The molecule has 9 nitrogen and oxygen atoms in total. The zero-order chi connectivity index (χ0) is 25.1. The number of ether oxygens (including phenoxy) is 1. The molecule has 1 fully saturated rings. The predicted octanol–water partition coefficient (Wildman–Crippen LogP) is 3.20. The van der Waals surface area contributed by atoms with Crippen LogP contribution in [0.15, 0.2) is 47.3 Å². The van der Waals surface area contributed by atoms with E-state index in [0.29, 0.717) is 28.7 Å². The molecule has 186 valence electrons. The van der Waals surface area contributed by atoms with Crippen LogP contribution in [-0.4, -0.2) is 40.0 Å². The number of carbonyl (C=O) groups is 3. The number of hydrogen-bond acceptors (Lipinski definition) is 6. The number of benzene rings is 2. The van der Waals surface area contributed by atoms with Crippen LogP contribution in [0.25, 0.3) is 10.9 Å². The zero-order valence-electron chi connectivity index (χ0n) is 19.9. The Hall–Kier alpha value is -4.01. The number of nitrogens with zero attached hydrogens (tertiary/aromatic N) is 2. The molecule has 0 bridgehead atoms. The SMILES string of the molecule is O=C(COC(=O)c1ccc2c(=O)n3c(nc2c1)CCCCCC3)Nc1ccccc1C(=O)NC1CC1. The lowest BCUT2D eigenvalue weighted by atomic mass is 10.1. The number of carbonyl (C=O) groups excluding carboxylic acids is 3. The molecule has 2 aliphatic rings. The van der Waals surface area contributed by atoms with Gasteiger partial charge in [-0.25, -0.2) is 9.78 Å². The van der Waals surface area contributed by atoms with Gasteiger partial charge in [-0.1, -0.05) is 25.0 Å². The van der Waals surface area contributed by atoms with Crippen LogP contribution in [0.4, 0.5) is 5.69 Å². The van der Waals surface area contributed by atoms with E-state index in [-0.39, 0.29) is 23.1 Å². The summed E-state index contributed by atoms with van der Waals surface area (Å²) in [5.41, 5.74) is 1.26. The summed E-state index contributed by atoms with van der Waals surface area (Å²) in [5, 5.41) is 5.99. The molecule has 9 heteroatoms. The Morgan fingerprint density at radius 2 is 1.83 bits per heavy atom. The third kappa shape index (κ3) is 5.30. The van der Waals surface area contributed by atoms with Crippen molar-refractivity contribution in [3.05, 3.63) is 69.8 Å². The summed E-state index contributed by atoms with van der Waals surface area (Å²) in [4.78, 5) is 55.2. The highest BCUT2D eigenvalue weighted by molar-refractivity contribution is 6.04. The quantitative estimate of drug-likeness (QED) is 0.515. The maximum atomic E-state index is 13.0. The lowest BCUT2D eigenvalue weighted by molar-refractivity contribution is -0.119. The van der Waals surface area contributed by atoms with Gasteiger partial charge in [-0.15, -0.1) is 0 Å². The van der Waals surface area contributed by atoms with Crippen molar-refractivity contribution in [3.8, 4) is 0 Å². The summed E-state index contributed by atoms with van der Waals surface area (Å²) in [6, 6.07) is 11.5. The second-order valence-corrected chi connectivity index (χ2v) is 9.30.